The molecule has 0 bridgehead atoms. The van der Waals surface area contributed by atoms with Gasteiger partial charge in [0.2, 0.25) is 5.95 Å². The molecule has 0 aliphatic heterocycles. The number of aromatic nitrogens is 3. The molecule has 13 heavy (non-hydrogen) atoms. The quantitative estimate of drug-likeness (QED) is 0.715. The third-order valence-corrected chi connectivity index (χ3v) is 2.00. The molecule has 0 aliphatic carbocycles. The van der Waals surface area contributed by atoms with E-state index in [9.17, 15) is 0 Å². The summed E-state index contributed by atoms with van der Waals surface area (Å²) in [6.45, 7) is 4.24. The van der Waals surface area contributed by atoms with Gasteiger partial charge in [0.15, 0.2) is 5.65 Å². The van der Waals surface area contributed by atoms with Crippen LogP contribution in [0.5, 0.6) is 0 Å². The smallest absolute Gasteiger partial charge is 0.240 e. The third kappa shape index (κ3) is 1.24. The van der Waals surface area contributed by atoms with Crippen LogP contribution in [0, 0.1) is 0 Å². The number of nitrogens with two attached hydrogens (primary N) is 1. The molecule has 2 aromatic rings. The number of pyridine rings is 1. The molecule has 4 nitrogen and oxygen atoms in total. The molecule has 68 valence electrons. The van der Waals surface area contributed by atoms with Gasteiger partial charge < -0.3 is 5.73 Å². The SMILES string of the molecule is CC(C)c1cccc2nc(N)nn12. The molecule has 0 radical (unpaired) electrons. The Hall–Kier alpha value is -1.58. The lowest BCUT2D eigenvalue weighted by Crippen LogP contribution is -2.00. The highest BCUT2D eigenvalue weighted by molar-refractivity contribution is 5.43. The molecule has 0 saturated carbocycles. The highest BCUT2D eigenvalue weighted by atomic mass is 15.3. The van der Waals surface area contributed by atoms with Crippen LogP contribution in [0.15, 0.2) is 18.2 Å². The molecule has 0 spiro atoms. The van der Waals surface area contributed by atoms with Crippen molar-refractivity contribution in [2.45, 2.75) is 19.8 Å². The fourth-order valence-electron chi connectivity index (χ4n) is 1.38. The van der Waals surface area contributed by atoms with Gasteiger partial charge in [0, 0.05) is 5.69 Å². The van der Waals surface area contributed by atoms with E-state index in [1.54, 1.807) is 4.52 Å². The van der Waals surface area contributed by atoms with Crippen molar-refractivity contribution in [3.8, 4) is 0 Å². The van der Waals surface area contributed by atoms with Gasteiger partial charge in [-0.1, -0.05) is 19.9 Å². The van der Waals surface area contributed by atoms with E-state index < -0.39 is 0 Å². The van der Waals surface area contributed by atoms with E-state index in [4.69, 9.17) is 5.73 Å². The van der Waals surface area contributed by atoms with E-state index in [0.29, 0.717) is 11.9 Å². The minimum atomic E-state index is 0.327. The van der Waals surface area contributed by atoms with Crippen LogP contribution in [0.3, 0.4) is 0 Å². The topological polar surface area (TPSA) is 56.2 Å². The highest BCUT2D eigenvalue weighted by Crippen LogP contribution is 2.15. The molecule has 2 rings (SSSR count). The van der Waals surface area contributed by atoms with Crippen LogP contribution in [-0.4, -0.2) is 14.6 Å². The van der Waals surface area contributed by atoms with Crippen molar-refractivity contribution in [1.29, 1.82) is 0 Å². The first kappa shape index (κ1) is 8.04. The second-order valence-corrected chi connectivity index (χ2v) is 3.35. The van der Waals surface area contributed by atoms with Crippen LogP contribution < -0.4 is 5.73 Å². The summed E-state index contributed by atoms with van der Waals surface area (Å²) < 4.78 is 1.79. The van der Waals surface area contributed by atoms with Gasteiger partial charge in [-0.3, -0.25) is 0 Å². The van der Waals surface area contributed by atoms with Crippen molar-refractivity contribution in [2.75, 3.05) is 5.73 Å². The van der Waals surface area contributed by atoms with Crippen molar-refractivity contribution in [2.24, 2.45) is 0 Å². The van der Waals surface area contributed by atoms with Crippen molar-refractivity contribution >= 4 is 11.6 Å². The lowest BCUT2D eigenvalue weighted by Gasteiger charge is -2.05. The lowest BCUT2D eigenvalue weighted by molar-refractivity contribution is 0.759. The van der Waals surface area contributed by atoms with Crippen molar-refractivity contribution < 1.29 is 0 Å². The molecular formula is C9H12N4. The molecule has 0 amide bonds. The number of hydrogen-bond acceptors (Lipinski definition) is 3. The normalized spacial score (nSPS) is 11.3. The Balaban J connectivity index is 2.75. The lowest BCUT2D eigenvalue weighted by atomic mass is 10.1. The van der Waals surface area contributed by atoms with Crippen LogP contribution >= 0.6 is 0 Å². The summed E-state index contributed by atoms with van der Waals surface area (Å²) >= 11 is 0. The molecule has 0 saturated heterocycles. The number of nitrogens with zero attached hydrogens (tertiary/aromatic N) is 3. The van der Waals surface area contributed by atoms with E-state index >= 15 is 0 Å². The Morgan fingerprint density at radius 2 is 2.15 bits per heavy atom. The van der Waals surface area contributed by atoms with Crippen LogP contribution in [0.4, 0.5) is 5.95 Å². The van der Waals surface area contributed by atoms with Crippen molar-refractivity contribution in [1.82, 2.24) is 14.6 Å². The van der Waals surface area contributed by atoms with E-state index in [1.165, 1.54) is 0 Å². The maximum Gasteiger partial charge on any atom is 0.240 e. The molecule has 0 aliphatic rings. The molecular weight excluding hydrogens is 164 g/mol. The highest BCUT2D eigenvalue weighted by Gasteiger charge is 2.06. The number of nitrogen functional groups attached to an aromatic ring is 1. The number of rotatable bonds is 1. The molecule has 0 unspecified atom stereocenters. The standard InChI is InChI=1S/C9H12N4/c1-6(2)7-4-3-5-8-11-9(10)12-13(7)8/h3-6H,1-2H3,(H2,10,12). The summed E-state index contributed by atoms with van der Waals surface area (Å²) in [5.41, 5.74) is 7.45. The van der Waals surface area contributed by atoms with Gasteiger partial charge >= 0.3 is 0 Å². The predicted octanol–water partition coefficient (Wildman–Crippen LogP) is 1.43. The number of hydrogen-bond donors (Lipinski definition) is 1. The van der Waals surface area contributed by atoms with Crippen LogP contribution in [0.1, 0.15) is 25.5 Å². The predicted molar refractivity (Wildman–Crippen MR) is 51.5 cm³/mol. The number of fused-ring (bicyclic) bond motifs is 1. The maximum atomic E-state index is 5.52. The number of anilines is 1. The second-order valence-electron chi connectivity index (χ2n) is 3.35. The Bertz CT molecular complexity index is 430. The van der Waals surface area contributed by atoms with Gasteiger partial charge in [0.05, 0.1) is 0 Å². The zero-order valence-electron chi connectivity index (χ0n) is 7.73. The summed E-state index contributed by atoms with van der Waals surface area (Å²) in [5.74, 6) is 0.748. The van der Waals surface area contributed by atoms with Crippen molar-refractivity contribution in [3.63, 3.8) is 0 Å². The van der Waals surface area contributed by atoms with Gasteiger partial charge in [-0.15, -0.1) is 5.10 Å². The summed E-state index contributed by atoms with van der Waals surface area (Å²) in [6.07, 6.45) is 0. The van der Waals surface area contributed by atoms with E-state index in [2.05, 4.69) is 23.9 Å². The Labute approximate surface area is 76.4 Å². The van der Waals surface area contributed by atoms with Gasteiger partial charge in [-0.05, 0) is 18.1 Å². The van der Waals surface area contributed by atoms with Gasteiger partial charge in [0.1, 0.15) is 0 Å². The van der Waals surface area contributed by atoms with Gasteiger partial charge in [-0.25, -0.2) is 4.52 Å². The monoisotopic (exact) mass is 176 g/mol. The maximum absolute atomic E-state index is 5.52. The molecule has 2 aromatic heterocycles. The second kappa shape index (κ2) is 2.73. The first-order valence-electron chi connectivity index (χ1n) is 4.29. The average Bonchev–Trinajstić information content (AvgIpc) is 2.43. The summed E-state index contributed by atoms with van der Waals surface area (Å²) in [6, 6.07) is 5.90. The first-order valence-corrected chi connectivity index (χ1v) is 4.29. The minimum Gasteiger partial charge on any atom is -0.366 e. The fourth-order valence-corrected chi connectivity index (χ4v) is 1.38. The third-order valence-electron chi connectivity index (χ3n) is 2.00. The Kier molecular flexibility index (Phi) is 1.69. The Morgan fingerprint density at radius 1 is 1.38 bits per heavy atom. The van der Waals surface area contributed by atoms with E-state index in [-0.39, 0.29) is 0 Å². The van der Waals surface area contributed by atoms with E-state index in [0.717, 1.165) is 11.3 Å². The minimum absolute atomic E-state index is 0.327. The molecule has 4 heteroatoms. The van der Waals surface area contributed by atoms with Crippen molar-refractivity contribution in [3.05, 3.63) is 23.9 Å². The van der Waals surface area contributed by atoms with Crippen LogP contribution in [0.25, 0.3) is 5.65 Å². The largest absolute Gasteiger partial charge is 0.366 e. The molecule has 2 heterocycles. The summed E-state index contributed by atoms with van der Waals surface area (Å²) in [4.78, 5) is 4.09. The fraction of sp³-hybridized carbons (Fsp3) is 0.333. The molecule has 0 aromatic carbocycles. The molecule has 2 N–H and O–H groups in total. The zero-order chi connectivity index (χ0) is 9.42. The van der Waals surface area contributed by atoms with Crippen LogP contribution in [0.2, 0.25) is 0 Å². The first-order chi connectivity index (χ1) is 6.18. The van der Waals surface area contributed by atoms with Gasteiger partial charge in [-0.2, -0.15) is 4.98 Å². The summed E-state index contributed by atoms with van der Waals surface area (Å²) in [5, 5.41) is 4.12. The molecule has 0 fully saturated rings. The van der Waals surface area contributed by atoms with E-state index in [1.807, 2.05) is 18.2 Å². The summed E-state index contributed by atoms with van der Waals surface area (Å²) in [7, 11) is 0. The molecule has 0 atom stereocenters. The van der Waals surface area contributed by atoms with Gasteiger partial charge in [0.25, 0.3) is 0 Å². The average molecular weight is 176 g/mol. The zero-order valence-corrected chi connectivity index (χ0v) is 7.73. The Morgan fingerprint density at radius 3 is 2.85 bits per heavy atom. The van der Waals surface area contributed by atoms with Crippen LogP contribution in [-0.2, 0) is 0 Å².